The van der Waals surface area contributed by atoms with Crippen LogP contribution >= 0.6 is 11.6 Å². The molecule has 1 amide bonds. The Labute approximate surface area is 138 Å². The molecule has 1 atom stereocenters. The molecule has 2 fully saturated rings. The zero-order valence-electron chi connectivity index (χ0n) is 13.6. The minimum absolute atomic E-state index is 0.256. The highest BCUT2D eigenvalue weighted by atomic mass is 35.5. The summed E-state index contributed by atoms with van der Waals surface area (Å²) in [7, 11) is 0. The van der Waals surface area contributed by atoms with Gasteiger partial charge in [0.1, 0.15) is 0 Å². The maximum absolute atomic E-state index is 13.4. The van der Waals surface area contributed by atoms with Crippen LogP contribution in [-0.4, -0.2) is 22.9 Å². The first-order chi connectivity index (χ1) is 10.6. The first kappa shape index (κ1) is 15.9. The molecule has 1 aromatic rings. The largest absolute Gasteiger partial charge is 0.336 e. The van der Waals surface area contributed by atoms with Gasteiger partial charge in [-0.05, 0) is 56.2 Å². The molecule has 2 nitrogen and oxygen atoms in total. The molecule has 0 radical (unpaired) electrons. The van der Waals surface area contributed by atoms with Crippen LogP contribution in [0.2, 0.25) is 5.02 Å². The number of carbonyl (C=O) groups excluding carboxylic acids is 1. The summed E-state index contributed by atoms with van der Waals surface area (Å²) in [5.41, 5.74) is 0.896. The van der Waals surface area contributed by atoms with Gasteiger partial charge in [-0.1, -0.05) is 44.0 Å². The molecule has 2 aliphatic carbocycles. The normalized spacial score (nSPS) is 20.5. The number of nitrogens with zero attached hydrogens (tertiary/aromatic N) is 1. The Morgan fingerprint density at radius 3 is 2.36 bits per heavy atom. The van der Waals surface area contributed by atoms with Gasteiger partial charge in [0.2, 0.25) is 5.91 Å². The lowest BCUT2D eigenvalue weighted by Gasteiger charge is -2.35. The van der Waals surface area contributed by atoms with E-state index in [0.717, 1.165) is 42.7 Å². The Bertz CT molecular complexity index is 531. The van der Waals surface area contributed by atoms with E-state index in [1.165, 1.54) is 12.8 Å². The summed E-state index contributed by atoms with van der Waals surface area (Å²) < 4.78 is 0. The molecule has 0 saturated heterocycles. The Kier molecular flexibility index (Phi) is 4.49. The van der Waals surface area contributed by atoms with E-state index in [1.54, 1.807) is 0 Å². The topological polar surface area (TPSA) is 20.3 Å². The molecule has 0 heterocycles. The summed E-state index contributed by atoms with van der Waals surface area (Å²) in [5.74, 6) is 0.373. The first-order valence-electron chi connectivity index (χ1n) is 8.71. The third-order valence-electron chi connectivity index (χ3n) is 5.22. The Morgan fingerprint density at radius 2 is 1.91 bits per heavy atom. The monoisotopic (exact) mass is 319 g/mol. The molecule has 3 heteroatoms. The van der Waals surface area contributed by atoms with Crippen LogP contribution in [-0.2, 0) is 10.2 Å². The zero-order chi connectivity index (χ0) is 15.7. The van der Waals surface area contributed by atoms with Gasteiger partial charge in [-0.3, -0.25) is 4.79 Å². The van der Waals surface area contributed by atoms with E-state index in [9.17, 15) is 4.79 Å². The summed E-state index contributed by atoms with van der Waals surface area (Å²) in [4.78, 5) is 15.6. The van der Waals surface area contributed by atoms with Crippen LogP contribution in [0.1, 0.15) is 64.4 Å². The fraction of sp³-hybridized carbons (Fsp3) is 0.632. The Morgan fingerprint density at radius 1 is 1.27 bits per heavy atom. The lowest BCUT2D eigenvalue weighted by atomic mass is 9.92. The molecule has 3 rings (SSSR count). The molecule has 0 aromatic heterocycles. The van der Waals surface area contributed by atoms with Gasteiger partial charge in [0.15, 0.2) is 0 Å². The van der Waals surface area contributed by atoms with Gasteiger partial charge in [0.25, 0.3) is 0 Å². The maximum Gasteiger partial charge on any atom is 0.233 e. The third kappa shape index (κ3) is 2.90. The molecule has 1 unspecified atom stereocenters. The molecule has 22 heavy (non-hydrogen) atoms. The number of halogens is 1. The molecule has 2 saturated carbocycles. The predicted molar refractivity (Wildman–Crippen MR) is 91.2 cm³/mol. The molecule has 0 spiro atoms. The highest BCUT2D eigenvalue weighted by Crippen LogP contribution is 2.51. The van der Waals surface area contributed by atoms with Crippen LogP contribution in [0.3, 0.4) is 0 Å². The van der Waals surface area contributed by atoms with Gasteiger partial charge in [0, 0.05) is 17.1 Å². The van der Waals surface area contributed by atoms with E-state index < -0.39 is 0 Å². The number of hydrogen-bond donors (Lipinski definition) is 0. The maximum atomic E-state index is 13.4. The van der Waals surface area contributed by atoms with Crippen molar-refractivity contribution >= 4 is 17.5 Å². The molecule has 2 aliphatic rings. The van der Waals surface area contributed by atoms with Gasteiger partial charge < -0.3 is 4.90 Å². The van der Waals surface area contributed by atoms with Crippen molar-refractivity contribution < 1.29 is 4.79 Å². The van der Waals surface area contributed by atoms with Crippen molar-refractivity contribution in [2.75, 3.05) is 0 Å². The minimum Gasteiger partial charge on any atom is -0.336 e. The van der Waals surface area contributed by atoms with Crippen LogP contribution < -0.4 is 0 Å². The summed E-state index contributed by atoms with van der Waals surface area (Å²) in [6.07, 6.45) is 7.66. The second kappa shape index (κ2) is 6.23. The van der Waals surface area contributed by atoms with Crippen LogP contribution in [0, 0.1) is 0 Å². The van der Waals surface area contributed by atoms with Gasteiger partial charge in [0.05, 0.1) is 5.41 Å². The lowest BCUT2D eigenvalue weighted by Crippen LogP contribution is -2.47. The Balaban J connectivity index is 1.85. The highest BCUT2D eigenvalue weighted by Gasteiger charge is 2.55. The molecule has 0 aliphatic heterocycles. The Hall–Kier alpha value is -1.02. The second-order valence-electron chi connectivity index (χ2n) is 6.88. The van der Waals surface area contributed by atoms with E-state index in [4.69, 9.17) is 11.6 Å². The molecule has 1 aromatic carbocycles. The average Bonchev–Trinajstić information content (AvgIpc) is 3.40. The van der Waals surface area contributed by atoms with Crippen LogP contribution in [0.25, 0.3) is 0 Å². The van der Waals surface area contributed by atoms with Gasteiger partial charge in [-0.2, -0.15) is 0 Å². The van der Waals surface area contributed by atoms with Gasteiger partial charge in [-0.15, -0.1) is 0 Å². The summed E-state index contributed by atoms with van der Waals surface area (Å²) in [6, 6.07) is 8.81. The lowest BCUT2D eigenvalue weighted by molar-refractivity contribution is -0.137. The smallest absolute Gasteiger partial charge is 0.233 e. The second-order valence-corrected chi connectivity index (χ2v) is 7.32. The minimum atomic E-state index is -0.256. The van der Waals surface area contributed by atoms with E-state index in [0.29, 0.717) is 18.0 Å². The number of benzene rings is 1. The van der Waals surface area contributed by atoms with Crippen molar-refractivity contribution in [1.29, 1.82) is 0 Å². The first-order valence-corrected chi connectivity index (χ1v) is 9.09. The van der Waals surface area contributed by atoms with Crippen LogP contribution in [0.15, 0.2) is 24.3 Å². The van der Waals surface area contributed by atoms with Crippen molar-refractivity contribution in [3.8, 4) is 0 Å². The average molecular weight is 320 g/mol. The number of amides is 1. The van der Waals surface area contributed by atoms with E-state index in [-0.39, 0.29) is 5.41 Å². The molecular formula is C19H26ClNO. The third-order valence-corrected chi connectivity index (χ3v) is 5.47. The SMILES string of the molecule is CCCC(CC)N(C(=O)C1(c2ccc(Cl)cc2)CC1)C1CC1. The van der Waals surface area contributed by atoms with Crippen molar-refractivity contribution in [2.24, 2.45) is 0 Å². The van der Waals surface area contributed by atoms with E-state index >= 15 is 0 Å². The van der Waals surface area contributed by atoms with Crippen LogP contribution in [0.4, 0.5) is 0 Å². The number of carbonyl (C=O) groups is 1. The van der Waals surface area contributed by atoms with Crippen molar-refractivity contribution in [3.63, 3.8) is 0 Å². The molecular weight excluding hydrogens is 294 g/mol. The highest BCUT2D eigenvalue weighted by molar-refractivity contribution is 6.30. The van der Waals surface area contributed by atoms with Crippen molar-refractivity contribution in [3.05, 3.63) is 34.9 Å². The zero-order valence-corrected chi connectivity index (χ0v) is 14.4. The van der Waals surface area contributed by atoms with Crippen molar-refractivity contribution in [2.45, 2.75) is 76.3 Å². The quantitative estimate of drug-likeness (QED) is 0.697. The molecule has 0 N–H and O–H groups in total. The van der Waals surface area contributed by atoms with Crippen LogP contribution in [0.5, 0.6) is 0 Å². The fourth-order valence-electron chi connectivity index (χ4n) is 3.62. The fourth-order valence-corrected chi connectivity index (χ4v) is 3.75. The van der Waals surface area contributed by atoms with E-state index in [1.807, 2.05) is 24.3 Å². The molecule has 120 valence electrons. The summed E-state index contributed by atoms with van der Waals surface area (Å²) >= 11 is 6.00. The predicted octanol–water partition coefficient (Wildman–Crippen LogP) is 4.94. The number of hydrogen-bond acceptors (Lipinski definition) is 1. The standard InChI is InChI=1S/C19H26ClNO/c1-3-5-16(4-2)21(17-10-11-17)18(22)19(12-13-19)14-6-8-15(20)9-7-14/h6-9,16-17H,3-5,10-13H2,1-2H3. The molecule has 0 bridgehead atoms. The van der Waals surface area contributed by atoms with Crippen molar-refractivity contribution in [1.82, 2.24) is 4.90 Å². The van der Waals surface area contributed by atoms with Gasteiger partial charge in [-0.25, -0.2) is 0 Å². The van der Waals surface area contributed by atoms with E-state index in [2.05, 4.69) is 18.7 Å². The summed E-state index contributed by atoms with van der Waals surface area (Å²) in [6.45, 7) is 4.43. The van der Waals surface area contributed by atoms with Gasteiger partial charge >= 0.3 is 0 Å². The number of rotatable bonds is 7. The summed E-state index contributed by atoms with van der Waals surface area (Å²) in [5, 5.41) is 0.739.